The average Bonchev–Trinajstić information content (AvgIpc) is 2.75. The molecule has 0 unspecified atom stereocenters. The number of hydrogen-bond donors (Lipinski definition) is 1. The van der Waals surface area contributed by atoms with Gasteiger partial charge in [0, 0.05) is 27.7 Å². The summed E-state index contributed by atoms with van der Waals surface area (Å²) in [6, 6.07) is 20.4. The molecule has 3 aromatic carbocycles. The van der Waals surface area contributed by atoms with Gasteiger partial charge in [-0.05, 0) is 79.1 Å². The van der Waals surface area contributed by atoms with E-state index in [0.29, 0.717) is 16.9 Å². The van der Waals surface area contributed by atoms with Crippen LogP contribution in [0.4, 0.5) is 11.4 Å². The van der Waals surface area contributed by atoms with Gasteiger partial charge in [0.2, 0.25) is 0 Å². The Morgan fingerprint density at radius 1 is 0.931 bits per heavy atom. The van der Waals surface area contributed by atoms with Crippen LogP contribution in [-0.2, 0) is 10.0 Å². The van der Waals surface area contributed by atoms with E-state index in [1.165, 1.54) is 11.4 Å². The molecule has 8 heteroatoms. The first-order valence-electron chi connectivity index (χ1n) is 8.61. The van der Waals surface area contributed by atoms with E-state index in [1.807, 2.05) is 18.4 Å². The lowest BCUT2D eigenvalue weighted by Gasteiger charge is -2.20. The van der Waals surface area contributed by atoms with Gasteiger partial charge < -0.3 is 5.32 Å². The number of hydrogen-bond acceptors (Lipinski definition) is 4. The second-order valence-corrected chi connectivity index (χ2v) is 9.92. The smallest absolute Gasteiger partial charge is 0.264 e. The lowest BCUT2D eigenvalue weighted by Crippen LogP contribution is -2.26. The van der Waals surface area contributed by atoms with Crippen molar-refractivity contribution in [1.82, 2.24) is 0 Å². The molecule has 0 fully saturated rings. The Hall–Kier alpha value is -2.29. The predicted molar refractivity (Wildman–Crippen MR) is 122 cm³/mol. The van der Waals surface area contributed by atoms with Crippen LogP contribution in [0, 0.1) is 0 Å². The molecule has 0 saturated carbocycles. The van der Waals surface area contributed by atoms with Gasteiger partial charge in [-0.1, -0.05) is 15.9 Å². The molecule has 0 spiro atoms. The van der Waals surface area contributed by atoms with Crippen molar-refractivity contribution in [2.75, 3.05) is 22.9 Å². The maximum absolute atomic E-state index is 12.9. The number of nitrogens with zero attached hydrogens (tertiary/aromatic N) is 1. The van der Waals surface area contributed by atoms with Gasteiger partial charge in [-0.25, -0.2) is 8.42 Å². The molecule has 0 atom stereocenters. The fraction of sp³-hybridized carbons (Fsp3) is 0.0952. The summed E-state index contributed by atoms with van der Waals surface area (Å²) in [5.74, 6) is -0.267. The first-order chi connectivity index (χ1) is 13.8. The van der Waals surface area contributed by atoms with Crippen molar-refractivity contribution in [2.45, 2.75) is 9.79 Å². The zero-order valence-corrected chi connectivity index (χ0v) is 19.0. The van der Waals surface area contributed by atoms with E-state index in [2.05, 4.69) is 21.2 Å². The van der Waals surface area contributed by atoms with Crippen molar-refractivity contribution in [2.24, 2.45) is 0 Å². The topological polar surface area (TPSA) is 66.5 Å². The number of nitrogens with one attached hydrogen (secondary N) is 1. The Labute approximate surface area is 183 Å². The van der Waals surface area contributed by atoms with Crippen LogP contribution in [0.3, 0.4) is 0 Å². The summed E-state index contributed by atoms with van der Waals surface area (Å²) in [7, 11) is -2.19. The van der Waals surface area contributed by atoms with Gasteiger partial charge >= 0.3 is 0 Å². The third-order valence-electron chi connectivity index (χ3n) is 4.31. The number of halogens is 1. The number of carbonyl (C=O) groups is 1. The minimum absolute atomic E-state index is 0.217. The van der Waals surface area contributed by atoms with Gasteiger partial charge in [0.1, 0.15) is 0 Å². The number of anilines is 2. The Kier molecular flexibility index (Phi) is 6.66. The number of amides is 1. The maximum Gasteiger partial charge on any atom is 0.264 e. The first-order valence-corrected chi connectivity index (χ1v) is 12.1. The quantitative estimate of drug-likeness (QED) is 0.479. The van der Waals surface area contributed by atoms with E-state index >= 15 is 0 Å². The Balaban J connectivity index is 1.75. The van der Waals surface area contributed by atoms with Gasteiger partial charge in [-0.2, -0.15) is 0 Å². The Morgan fingerprint density at radius 2 is 1.52 bits per heavy atom. The van der Waals surface area contributed by atoms with Crippen LogP contribution >= 0.6 is 27.7 Å². The highest BCUT2D eigenvalue weighted by Crippen LogP contribution is 2.24. The van der Waals surface area contributed by atoms with E-state index in [0.717, 1.165) is 9.37 Å². The Bertz CT molecular complexity index is 1100. The predicted octanol–water partition coefficient (Wildman–Crippen LogP) is 5.25. The maximum atomic E-state index is 12.9. The molecule has 0 aliphatic carbocycles. The molecule has 0 radical (unpaired) electrons. The zero-order chi connectivity index (χ0) is 21.0. The van der Waals surface area contributed by atoms with E-state index in [-0.39, 0.29) is 10.8 Å². The summed E-state index contributed by atoms with van der Waals surface area (Å²) in [5, 5.41) is 2.81. The molecule has 0 bridgehead atoms. The summed E-state index contributed by atoms with van der Waals surface area (Å²) in [6.07, 6.45) is 1.93. The molecule has 0 saturated heterocycles. The van der Waals surface area contributed by atoms with E-state index < -0.39 is 10.0 Å². The van der Waals surface area contributed by atoms with Crippen LogP contribution in [0.25, 0.3) is 0 Å². The zero-order valence-electron chi connectivity index (χ0n) is 15.8. The Morgan fingerprint density at radius 3 is 2.07 bits per heavy atom. The molecular weight excluding hydrogens is 472 g/mol. The summed E-state index contributed by atoms with van der Waals surface area (Å²) in [4.78, 5) is 13.6. The van der Waals surface area contributed by atoms with Gasteiger partial charge in [-0.3, -0.25) is 9.10 Å². The van der Waals surface area contributed by atoms with Crippen molar-refractivity contribution in [3.8, 4) is 0 Å². The summed E-state index contributed by atoms with van der Waals surface area (Å²) >= 11 is 4.90. The highest BCUT2D eigenvalue weighted by Gasteiger charge is 2.21. The normalized spacial score (nSPS) is 11.1. The van der Waals surface area contributed by atoms with E-state index in [4.69, 9.17) is 0 Å². The molecule has 29 heavy (non-hydrogen) atoms. The molecule has 0 aliphatic rings. The van der Waals surface area contributed by atoms with Crippen molar-refractivity contribution in [1.29, 1.82) is 0 Å². The lowest BCUT2D eigenvalue weighted by atomic mass is 10.2. The summed E-state index contributed by atoms with van der Waals surface area (Å²) in [5.41, 5.74) is 1.58. The average molecular weight is 491 g/mol. The van der Waals surface area contributed by atoms with Crippen molar-refractivity contribution < 1.29 is 13.2 Å². The third kappa shape index (κ3) is 5.01. The minimum Gasteiger partial charge on any atom is -0.322 e. The van der Waals surface area contributed by atoms with Crippen LogP contribution in [0.2, 0.25) is 0 Å². The molecule has 1 amide bonds. The number of benzene rings is 3. The van der Waals surface area contributed by atoms with Crippen LogP contribution in [0.15, 0.2) is 87.1 Å². The molecule has 1 N–H and O–H groups in total. The van der Waals surface area contributed by atoms with Gasteiger partial charge in [0.15, 0.2) is 0 Å². The van der Waals surface area contributed by atoms with E-state index in [9.17, 15) is 13.2 Å². The van der Waals surface area contributed by atoms with Crippen LogP contribution in [-0.4, -0.2) is 27.6 Å². The SMILES string of the molecule is CSc1ccc(S(=O)(=O)N(C)c2ccc(C(=O)Nc3ccc(Br)cc3)cc2)cc1. The molecule has 0 aliphatic heterocycles. The largest absolute Gasteiger partial charge is 0.322 e. The molecule has 150 valence electrons. The molecule has 0 heterocycles. The van der Waals surface area contributed by atoms with Gasteiger partial charge in [-0.15, -0.1) is 11.8 Å². The van der Waals surface area contributed by atoms with Crippen LogP contribution in [0.5, 0.6) is 0 Å². The van der Waals surface area contributed by atoms with Crippen molar-refractivity contribution >= 4 is 55.0 Å². The van der Waals surface area contributed by atoms with Crippen molar-refractivity contribution in [3.63, 3.8) is 0 Å². The second kappa shape index (κ2) is 9.02. The molecule has 3 rings (SSSR count). The fourth-order valence-corrected chi connectivity index (χ4v) is 4.47. The molecule has 0 aromatic heterocycles. The van der Waals surface area contributed by atoms with Gasteiger partial charge in [0.25, 0.3) is 15.9 Å². The van der Waals surface area contributed by atoms with Gasteiger partial charge in [0.05, 0.1) is 10.6 Å². The highest BCUT2D eigenvalue weighted by atomic mass is 79.9. The monoisotopic (exact) mass is 490 g/mol. The third-order valence-corrected chi connectivity index (χ3v) is 7.39. The molecule has 3 aromatic rings. The molecular formula is C21H19BrN2O3S2. The highest BCUT2D eigenvalue weighted by molar-refractivity contribution is 9.10. The first kappa shape index (κ1) is 21.4. The second-order valence-electron chi connectivity index (χ2n) is 6.16. The standard InChI is InChI=1S/C21H19BrN2O3S2/c1-24(29(26,27)20-13-11-19(28-2)12-14-20)18-9-3-15(4-10-18)21(25)23-17-7-5-16(22)6-8-17/h3-14H,1-2H3,(H,23,25). The fourth-order valence-electron chi connectivity index (χ4n) is 2.60. The van der Waals surface area contributed by atoms with Crippen LogP contribution < -0.4 is 9.62 Å². The number of rotatable bonds is 6. The van der Waals surface area contributed by atoms with Crippen molar-refractivity contribution in [3.05, 3.63) is 82.8 Å². The summed E-state index contributed by atoms with van der Waals surface area (Å²) in [6.45, 7) is 0. The van der Waals surface area contributed by atoms with Crippen LogP contribution in [0.1, 0.15) is 10.4 Å². The van der Waals surface area contributed by atoms with E-state index in [1.54, 1.807) is 72.4 Å². The number of sulfonamides is 1. The number of carbonyl (C=O) groups excluding carboxylic acids is 1. The minimum atomic E-state index is -3.68. The lowest BCUT2D eigenvalue weighted by molar-refractivity contribution is 0.102. The number of thioether (sulfide) groups is 1. The molecule has 5 nitrogen and oxygen atoms in total. The summed E-state index contributed by atoms with van der Waals surface area (Å²) < 4.78 is 27.8.